The summed E-state index contributed by atoms with van der Waals surface area (Å²) in [7, 11) is -2.03. The zero-order chi connectivity index (χ0) is 18.8. The molecular weight excluding hydrogens is 344 g/mol. The molecule has 1 aromatic carbocycles. The number of carbonyl (C=O) groups excluding carboxylic acids is 1. The van der Waals surface area contributed by atoms with Crippen molar-refractivity contribution in [1.29, 1.82) is 0 Å². The molecule has 1 aliphatic heterocycles. The predicted octanol–water partition coefficient (Wildman–Crippen LogP) is 2.78. The van der Waals surface area contributed by atoms with Crippen LogP contribution in [0.2, 0.25) is 0 Å². The number of benzene rings is 1. The lowest BCUT2D eigenvalue weighted by atomic mass is 10.1. The van der Waals surface area contributed by atoms with Crippen molar-refractivity contribution >= 4 is 15.9 Å². The van der Waals surface area contributed by atoms with Crippen LogP contribution in [0.15, 0.2) is 23.1 Å². The summed E-state index contributed by atoms with van der Waals surface area (Å²) in [4.78, 5) is 17.3. The van der Waals surface area contributed by atoms with Crippen LogP contribution in [0.25, 0.3) is 4.85 Å². The summed E-state index contributed by atoms with van der Waals surface area (Å²) < 4.78 is 34.8. The second kappa shape index (κ2) is 7.02. The van der Waals surface area contributed by atoms with Crippen LogP contribution in [0.3, 0.4) is 0 Å². The maximum atomic E-state index is 12.3. The molecule has 0 N–H and O–H groups in total. The molecule has 25 heavy (non-hydrogen) atoms. The predicted molar refractivity (Wildman–Crippen MR) is 91.5 cm³/mol. The van der Waals surface area contributed by atoms with E-state index in [4.69, 9.17) is 16.0 Å². The van der Waals surface area contributed by atoms with E-state index in [1.54, 1.807) is 26.8 Å². The topological polar surface area (TPSA) is 77.3 Å². The lowest BCUT2D eigenvalue weighted by Gasteiger charge is -2.24. The summed E-state index contributed by atoms with van der Waals surface area (Å²) in [5.41, 5.74) is 0.601. The number of carbonyl (C=O) groups is 1. The minimum absolute atomic E-state index is 0.105. The average molecular weight is 366 g/mol. The number of fused-ring (bicyclic) bond motifs is 1. The largest absolute Gasteiger partial charge is 0.444 e. The van der Waals surface area contributed by atoms with E-state index in [9.17, 15) is 13.2 Å². The fraction of sp³-hybridized carbons (Fsp3) is 0.529. The molecule has 0 saturated carbocycles. The van der Waals surface area contributed by atoms with Crippen LogP contribution in [0.1, 0.15) is 38.1 Å². The maximum Gasteiger partial charge on any atom is 0.416 e. The first-order valence-corrected chi connectivity index (χ1v) is 9.45. The molecule has 2 rings (SSSR count). The highest BCUT2D eigenvalue weighted by molar-refractivity contribution is 7.91. The summed E-state index contributed by atoms with van der Waals surface area (Å²) in [5.74, 6) is -0.121. The van der Waals surface area contributed by atoms with Crippen LogP contribution < -0.4 is 0 Å². The van der Waals surface area contributed by atoms with Crippen LogP contribution in [0, 0.1) is 6.57 Å². The highest BCUT2D eigenvalue weighted by Crippen LogP contribution is 2.37. The Bertz CT molecular complexity index is 805. The van der Waals surface area contributed by atoms with Crippen molar-refractivity contribution in [2.24, 2.45) is 0 Å². The first kappa shape index (κ1) is 19.2. The lowest BCUT2D eigenvalue weighted by Crippen LogP contribution is -2.34. The number of nitrogens with zero attached hydrogens (tertiary/aromatic N) is 2. The molecule has 1 heterocycles. The van der Waals surface area contributed by atoms with Crippen LogP contribution in [0.4, 0.5) is 4.79 Å². The van der Waals surface area contributed by atoms with E-state index in [-0.39, 0.29) is 23.8 Å². The molecule has 0 fully saturated rings. The molecule has 7 nitrogen and oxygen atoms in total. The summed E-state index contributed by atoms with van der Waals surface area (Å²) in [6.07, 6.45) is -1.39. The minimum Gasteiger partial charge on any atom is -0.444 e. The van der Waals surface area contributed by atoms with Gasteiger partial charge in [-0.1, -0.05) is 0 Å². The van der Waals surface area contributed by atoms with Crippen LogP contribution in [0.5, 0.6) is 0 Å². The van der Waals surface area contributed by atoms with Crippen molar-refractivity contribution in [3.05, 3.63) is 40.7 Å². The molecular formula is C17H22N2O5S. The van der Waals surface area contributed by atoms with Crippen molar-refractivity contribution in [3.8, 4) is 0 Å². The molecule has 0 aliphatic carbocycles. The summed E-state index contributed by atoms with van der Waals surface area (Å²) in [6.45, 7) is 12.9. The van der Waals surface area contributed by atoms with Crippen molar-refractivity contribution in [3.63, 3.8) is 0 Å². The fourth-order valence-electron chi connectivity index (χ4n) is 2.54. The van der Waals surface area contributed by atoms with Gasteiger partial charge in [-0.05, 0) is 44.5 Å². The van der Waals surface area contributed by atoms with Crippen LogP contribution in [-0.2, 0) is 25.9 Å². The molecule has 0 saturated heterocycles. The van der Waals surface area contributed by atoms with E-state index in [2.05, 4.69) is 4.85 Å². The minimum atomic E-state index is -3.47. The van der Waals surface area contributed by atoms with Gasteiger partial charge >= 0.3 is 12.3 Å². The van der Waals surface area contributed by atoms with Crippen molar-refractivity contribution in [2.75, 3.05) is 19.5 Å². The van der Waals surface area contributed by atoms with Gasteiger partial charge in [-0.3, -0.25) is 4.85 Å². The Hall–Kier alpha value is -2.11. The van der Waals surface area contributed by atoms with E-state index < -0.39 is 27.7 Å². The van der Waals surface area contributed by atoms with Gasteiger partial charge in [0.15, 0.2) is 9.84 Å². The number of sulfone groups is 1. The first-order valence-electron chi connectivity index (χ1n) is 7.80. The molecule has 1 aliphatic rings. The van der Waals surface area contributed by atoms with Gasteiger partial charge in [0.05, 0.1) is 29.4 Å². The molecule has 1 atom stereocenters. The quantitative estimate of drug-likeness (QED) is 0.766. The zero-order valence-electron chi connectivity index (χ0n) is 14.8. The SMILES string of the molecule is [C-]#[N+]C1c2ccc(S(=O)(=O)CCOC)cc2CN1C(=O)OC(C)(C)C. The van der Waals surface area contributed by atoms with Gasteiger partial charge in [0, 0.05) is 7.11 Å². The molecule has 0 radical (unpaired) electrons. The van der Waals surface area contributed by atoms with Crippen molar-refractivity contribution in [1.82, 2.24) is 4.90 Å². The van der Waals surface area contributed by atoms with Gasteiger partial charge in [0.1, 0.15) is 5.60 Å². The van der Waals surface area contributed by atoms with Crippen molar-refractivity contribution < 1.29 is 22.7 Å². The van der Waals surface area contributed by atoms with Gasteiger partial charge in [-0.2, -0.15) is 0 Å². The van der Waals surface area contributed by atoms with Gasteiger partial charge in [-0.15, -0.1) is 0 Å². The Balaban J connectivity index is 2.31. The Morgan fingerprint density at radius 2 is 2.08 bits per heavy atom. The van der Waals surface area contributed by atoms with E-state index in [1.165, 1.54) is 24.1 Å². The molecule has 0 spiro atoms. The second-order valence-electron chi connectivity index (χ2n) is 6.78. The first-order chi connectivity index (χ1) is 11.6. The highest BCUT2D eigenvalue weighted by Gasteiger charge is 2.41. The number of rotatable bonds is 4. The molecule has 1 amide bonds. The standard InChI is InChI=1S/C17H22N2O5S/c1-17(2,3)24-16(20)19-11-12-10-13(25(21,22)9-8-23-5)6-7-14(12)15(19)18-4/h6-7,10,15H,8-9,11H2,1-3,5H3. The number of hydrogen-bond donors (Lipinski definition) is 0. The third-order valence-corrected chi connectivity index (χ3v) is 5.37. The third kappa shape index (κ3) is 4.30. The molecule has 8 heteroatoms. The molecule has 0 bridgehead atoms. The fourth-order valence-corrected chi connectivity index (χ4v) is 3.76. The molecule has 0 aromatic heterocycles. The normalized spacial score (nSPS) is 17.1. The number of hydrogen-bond acceptors (Lipinski definition) is 5. The summed E-state index contributed by atoms with van der Waals surface area (Å²) in [5, 5.41) is 0. The van der Waals surface area contributed by atoms with Gasteiger partial charge in [0.25, 0.3) is 0 Å². The number of methoxy groups -OCH3 is 1. The Labute approximate surface area is 148 Å². The Morgan fingerprint density at radius 1 is 1.40 bits per heavy atom. The van der Waals surface area contributed by atoms with E-state index in [0.29, 0.717) is 11.1 Å². The maximum absolute atomic E-state index is 12.3. The zero-order valence-corrected chi connectivity index (χ0v) is 15.6. The van der Waals surface area contributed by atoms with Gasteiger partial charge < -0.3 is 9.47 Å². The monoisotopic (exact) mass is 366 g/mol. The highest BCUT2D eigenvalue weighted by atomic mass is 32.2. The van der Waals surface area contributed by atoms with E-state index in [1.807, 2.05) is 0 Å². The second-order valence-corrected chi connectivity index (χ2v) is 8.89. The molecule has 1 unspecified atom stereocenters. The van der Waals surface area contributed by atoms with Crippen LogP contribution in [-0.4, -0.2) is 44.5 Å². The molecule has 136 valence electrons. The average Bonchev–Trinajstić information content (AvgIpc) is 2.89. The number of ether oxygens (including phenoxy) is 2. The molecule has 1 aromatic rings. The summed E-state index contributed by atoms with van der Waals surface area (Å²) in [6, 6.07) is 4.60. The smallest absolute Gasteiger partial charge is 0.416 e. The van der Waals surface area contributed by atoms with Crippen molar-refractivity contribution in [2.45, 2.75) is 44.0 Å². The van der Waals surface area contributed by atoms with Crippen LogP contribution >= 0.6 is 0 Å². The number of amides is 1. The van der Waals surface area contributed by atoms with Gasteiger partial charge in [0.2, 0.25) is 0 Å². The lowest BCUT2D eigenvalue weighted by molar-refractivity contribution is 0.0206. The third-order valence-electron chi connectivity index (χ3n) is 3.69. The van der Waals surface area contributed by atoms with E-state index in [0.717, 1.165) is 0 Å². The summed E-state index contributed by atoms with van der Waals surface area (Å²) >= 11 is 0. The Morgan fingerprint density at radius 3 is 2.64 bits per heavy atom. The Kier molecular flexibility index (Phi) is 5.40. The van der Waals surface area contributed by atoms with Gasteiger partial charge in [-0.25, -0.2) is 24.7 Å². The van der Waals surface area contributed by atoms with E-state index >= 15 is 0 Å².